The molecule has 1 heterocycles. The predicted octanol–water partition coefficient (Wildman–Crippen LogP) is 1.37. The minimum atomic E-state index is -0.0292. The first-order chi connectivity index (χ1) is 12.1. The van der Waals surface area contributed by atoms with E-state index in [0.29, 0.717) is 13.0 Å². The number of likely N-dealkylation sites (N-methyl/N-ethyl adjacent to an activating group) is 1. The summed E-state index contributed by atoms with van der Waals surface area (Å²) in [4.78, 5) is 28.6. The average Bonchev–Trinajstić information content (AvgIpc) is 3.37. The van der Waals surface area contributed by atoms with Crippen LogP contribution in [0.3, 0.4) is 0 Å². The number of rotatable bonds is 6. The van der Waals surface area contributed by atoms with Crippen LogP contribution in [0.4, 0.5) is 5.69 Å². The second-order valence-corrected chi connectivity index (χ2v) is 6.88. The Bertz CT molecular complexity index is 609. The summed E-state index contributed by atoms with van der Waals surface area (Å²) in [7, 11) is 2.08. The molecule has 2 fully saturated rings. The summed E-state index contributed by atoms with van der Waals surface area (Å²) < 4.78 is 5.45. The highest BCUT2D eigenvalue weighted by Crippen LogP contribution is 2.34. The molecule has 6 nitrogen and oxygen atoms in total. The lowest BCUT2D eigenvalue weighted by atomic mass is 10.1. The maximum atomic E-state index is 12.4. The van der Waals surface area contributed by atoms with Crippen molar-refractivity contribution in [3.05, 3.63) is 29.8 Å². The Labute approximate surface area is 149 Å². The molecule has 136 valence electrons. The number of hydrogen-bond donors (Lipinski definition) is 1. The highest BCUT2D eigenvalue weighted by atomic mass is 16.5. The van der Waals surface area contributed by atoms with Gasteiger partial charge in [0.05, 0.1) is 18.4 Å². The minimum absolute atomic E-state index is 0.0136. The van der Waals surface area contributed by atoms with Crippen LogP contribution >= 0.6 is 0 Å². The van der Waals surface area contributed by atoms with Crippen LogP contribution in [0, 0.1) is 5.92 Å². The quantitative estimate of drug-likeness (QED) is 0.846. The molecule has 0 spiro atoms. The summed E-state index contributed by atoms with van der Waals surface area (Å²) in [5, 5.41) is 2.92. The van der Waals surface area contributed by atoms with Crippen LogP contribution in [-0.2, 0) is 20.7 Å². The van der Waals surface area contributed by atoms with E-state index in [4.69, 9.17) is 4.74 Å². The fraction of sp³-hybridized carbons (Fsp3) is 0.579. The van der Waals surface area contributed by atoms with E-state index in [0.717, 1.165) is 43.9 Å². The summed E-state index contributed by atoms with van der Waals surface area (Å²) in [5.74, 6) is 0.153. The molecule has 2 amide bonds. The molecule has 6 heteroatoms. The number of amides is 2. The Hall–Kier alpha value is -1.92. The van der Waals surface area contributed by atoms with E-state index < -0.39 is 0 Å². The molecule has 0 bridgehead atoms. The van der Waals surface area contributed by atoms with Crippen molar-refractivity contribution in [2.45, 2.75) is 25.9 Å². The van der Waals surface area contributed by atoms with Gasteiger partial charge < -0.3 is 19.9 Å². The van der Waals surface area contributed by atoms with Gasteiger partial charge in [-0.25, -0.2) is 0 Å². The second-order valence-electron chi connectivity index (χ2n) is 6.88. The van der Waals surface area contributed by atoms with E-state index in [-0.39, 0.29) is 23.8 Å². The molecular weight excluding hydrogens is 318 g/mol. The van der Waals surface area contributed by atoms with Gasteiger partial charge in [-0.1, -0.05) is 12.1 Å². The number of carbonyl (C=O) groups excluding carboxylic acids is 2. The van der Waals surface area contributed by atoms with Gasteiger partial charge in [0.1, 0.15) is 0 Å². The molecule has 25 heavy (non-hydrogen) atoms. The topological polar surface area (TPSA) is 61.9 Å². The molecular formula is C19H27N3O3. The Morgan fingerprint density at radius 3 is 2.48 bits per heavy atom. The number of ether oxygens (including phenoxy) is 1. The van der Waals surface area contributed by atoms with Crippen molar-refractivity contribution in [2.75, 3.05) is 45.2 Å². The van der Waals surface area contributed by atoms with Crippen LogP contribution in [0.15, 0.2) is 24.3 Å². The van der Waals surface area contributed by atoms with Gasteiger partial charge in [0, 0.05) is 38.5 Å². The van der Waals surface area contributed by atoms with E-state index in [1.165, 1.54) is 0 Å². The molecule has 1 aromatic rings. The predicted molar refractivity (Wildman–Crippen MR) is 96.4 cm³/mol. The molecule has 2 aliphatic rings. The SMILES string of the molecule is CCO[C@H]1C[C@H]1C(=O)Nc1ccc(CC(=O)N2CCN(C)CC2)cc1. The van der Waals surface area contributed by atoms with Gasteiger partial charge in [-0.05, 0) is 38.1 Å². The van der Waals surface area contributed by atoms with Crippen molar-refractivity contribution in [1.82, 2.24) is 9.80 Å². The van der Waals surface area contributed by atoms with Crippen molar-refractivity contribution >= 4 is 17.5 Å². The second kappa shape index (κ2) is 7.97. The number of carbonyl (C=O) groups is 2. The summed E-state index contributed by atoms with van der Waals surface area (Å²) in [5.41, 5.74) is 1.74. The first kappa shape index (κ1) is 17.9. The largest absolute Gasteiger partial charge is 0.378 e. The van der Waals surface area contributed by atoms with Crippen LogP contribution in [-0.4, -0.2) is 67.6 Å². The van der Waals surface area contributed by atoms with Crippen molar-refractivity contribution < 1.29 is 14.3 Å². The lowest BCUT2D eigenvalue weighted by Crippen LogP contribution is -2.47. The van der Waals surface area contributed by atoms with Crippen molar-refractivity contribution in [1.29, 1.82) is 0 Å². The molecule has 1 aliphatic carbocycles. The van der Waals surface area contributed by atoms with Crippen LogP contribution in [0.25, 0.3) is 0 Å². The van der Waals surface area contributed by atoms with Crippen LogP contribution in [0.5, 0.6) is 0 Å². The van der Waals surface area contributed by atoms with Crippen molar-refractivity contribution in [3.63, 3.8) is 0 Å². The maximum absolute atomic E-state index is 12.4. The summed E-state index contributed by atoms with van der Waals surface area (Å²) in [6.45, 7) is 6.04. The third-order valence-corrected chi connectivity index (χ3v) is 4.88. The Morgan fingerprint density at radius 2 is 1.84 bits per heavy atom. The lowest BCUT2D eigenvalue weighted by Gasteiger charge is -2.32. The molecule has 0 unspecified atom stereocenters. The molecule has 1 aromatic carbocycles. The van der Waals surface area contributed by atoms with E-state index in [9.17, 15) is 9.59 Å². The van der Waals surface area contributed by atoms with Gasteiger partial charge in [0.2, 0.25) is 11.8 Å². The molecule has 1 N–H and O–H groups in total. The number of nitrogens with zero attached hydrogens (tertiary/aromatic N) is 2. The molecule has 1 aliphatic heterocycles. The summed E-state index contributed by atoms with van der Waals surface area (Å²) in [6.07, 6.45) is 1.29. The van der Waals surface area contributed by atoms with Gasteiger partial charge in [0.15, 0.2) is 0 Å². The molecule has 0 radical (unpaired) electrons. The molecule has 1 saturated heterocycles. The number of piperazine rings is 1. The summed E-state index contributed by atoms with van der Waals surface area (Å²) in [6, 6.07) is 7.55. The maximum Gasteiger partial charge on any atom is 0.230 e. The van der Waals surface area contributed by atoms with Gasteiger partial charge in [-0.15, -0.1) is 0 Å². The molecule has 0 aromatic heterocycles. The van der Waals surface area contributed by atoms with E-state index in [1.54, 1.807) is 0 Å². The number of nitrogens with one attached hydrogen (secondary N) is 1. The Morgan fingerprint density at radius 1 is 1.16 bits per heavy atom. The van der Waals surface area contributed by atoms with Crippen molar-refractivity contribution in [3.8, 4) is 0 Å². The van der Waals surface area contributed by atoms with E-state index in [1.807, 2.05) is 36.1 Å². The molecule has 1 saturated carbocycles. The monoisotopic (exact) mass is 345 g/mol. The zero-order chi connectivity index (χ0) is 17.8. The first-order valence-corrected chi connectivity index (χ1v) is 9.04. The number of hydrogen-bond acceptors (Lipinski definition) is 4. The van der Waals surface area contributed by atoms with E-state index in [2.05, 4.69) is 17.3 Å². The summed E-state index contributed by atoms with van der Waals surface area (Å²) >= 11 is 0. The highest BCUT2D eigenvalue weighted by Gasteiger charge is 2.43. The lowest BCUT2D eigenvalue weighted by molar-refractivity contribution is -0.132. The zero-order valence-electron chi connectivity index (χ0n) is 15.0. The van der Waals surface area contributed by atoms with Crippen LogP contribution in [0.1, 0.15) is 18.9 Å². The third kappa shape index (κ3) is 4.80. The standard InChI is InChI=1S/C19H27N3O3/c1-3-25-17-13-16(17)19(24)20-15-6-4-14(5-7-15)12-18(23)22-10-8-21(2)9-11-22/h4-7,16-17H,3,8-13H2,1-2H3,(H,20,24)/t16-,17+/m1/s1. The molecule has 2 atom stereocenters. The van der Waals surface area contributed by atoms with Gasteiger partial charge in [0.25, 0.3) is 0 Å². The first-order valence-electron chi connectivity index (χ1n) is 9.04. The highest BCUT2D eigenvalue weighted by molar-refractivity contribution is 5.94. The minimum Gasteiger partial charge on any atom is -0.378 e. The van der Waals surface area contributed by atoms with Gasteiger partial charge >= 0.3 is 0 Å². The molecule has 3 rings (SSSR count). The van der Waals surface area contributed by atoms with Gasteiger partial charge in [-0.2, -0.15) is 0 Å². The smallest absolute Gasteiger partial charge is 0.230 e. The van der Waals surface area contributed by atoms with Crippen LogP contribution < -0.4 is 5.32 Å². The fourth-order valence-corrected chi connectivity index (χ4v) is 3.13. The van der Waals surface area contributed by atoms with Crippen molar-refractivity contribution in [2.24, 2.45) is 5.92 Å². The Balaban J connectivity index is 1.47. The zero-order valence-corrected chi connectivity index (χ0v) is 15.0. The fourth-order valence-electron chi connectivity index (χ4n) is 3.13. The average molecular weight is 345 g/mol. The van der Waals surface area contributed by atoms with Crippen LogP contribution in [0.2, 0.25) is 0 Å². The number of anilines is 1. The van der Waals surface area contributed by atoms with Gasteiger partial charge in [-0.3, -0.25) is 9.59 Å². The number of benzene rings is 1. The third-order valence-electron chi connectivity index (χ3n) is 4.88. The van der Waals surface area contributed by atoms with E-state index >= 15 is 0 Å². The normalized spacial score (nSPS) is 23.4. The Kier molecular flexibility index (Phi) is 5.71.